The highest BCUT2D eigenvalue weighted by Crippen LogP contribution is 2.49. The van der Waals surface area contributed by atoms with E-state index < -0.39 is 0 Å². The Hall–Kier alpha value is -1.38. The van der Waals surface area contributed by atoms with Gasteiger partial charge >= 0.3 is 0 Å². The van der Waals surface area contributed by atoms with Crippen LogP contribution in [-0.4, -0.2) is 6.61 Å². The summed E-state index contributed by atoms with van der Waals surface area (Å²) in [4.78, 5) is 0. The van der Waals surface area contributed by atoms with Crippen LogP contribution in [0.5, 0.6) is 5.75 Å². The number of nitrogen functional groups attached to an aromatic ring is 2. The van der Waals surface area contributed by atoms with Crippen molar-refractivity contribution in [3.05, 3.63) is 17.7 Å². The second-order valence-electron chi connectivity index (χ2n) is 4.95. The summed E-state index contributed by atoms with van der Waals surface area (Å²) in [6, 6.07) is 3.76. The lowest BCUT2D eigenvalue weighted by molar-refractivity contribution is 0.159. The van der Waals surface area contributed by atoms with Crippen LogP contribution >= 0.6 is 0 Å². The monoisotopic (exact) mass is 218 g/mol. The molecule has 1 heterocycles. The first-order chi connectivity index (χ1) is 7.77. The molecule has 2 atom stereocenters. The Kier molecular flexibility index (Phi) is 2.20. The van der Waals surface area contributed by atoms with Crippen molar-refractivity contribution in [1.82, 2.24) is 0 Å². The lowest BCUT2D eigenvalue weighted by atomic mass is 9.73. The Labute approximate surface area is 95.8 Å². The molecule has 16 heavy (non-hydrogen) atoms. The third kappa shape index (κ3) is 1.34. The van der Waals surface area contributed by atoms with Gasteiger partial charge in [-0.25, -0.2) is 0 Å². The number of rotatable bonds is 0. The first-order valence-electron chi connectivity index (χ1n) is 6.08. The minimum Gasteiger partial charge on any atom is -0.491 e. The van der Waals surface area contributed by atoms with Gasteiger partial charge in [0.2, 0.25) is 0 Å². The smallest absolute Gasteiger partial charge is 0.147 e. The van der Waals surface area contributed by atoms with Crippen molar-refractivity contribution in [2.45, 2.75) is 31.6 Å². The quantitative estimate of drug-likeness (QED) is 0.658. The number of nitrogens with two attached hydrogens (primary N) is 2. The Bertz CT molecular complexity index is 417. The van der Waals surface area contributed by atoms with E-state index in [0.29, 0.717) is 11.8 Å². The van der Waals surface area contributed by atoms with Gasteiger partial charge in [-0.05, 0) is 30.9 Å². The van der Waals surface area contributed by atoms with Crippen LogP contribution in [0.3, 0.4) is 0 Å². The van der Waals surface area contributed by atoms with Crippen LogP contribution in [0.1, 0.15) is 37.2 Å². The lowest BCUT2D eigenvalue weighted by Gasteiger charge is -2.38. The maximum atomic E-state index is 6.08. The summed E-state index contributed by atoms with van der Waals surface area (Å²) in [5.41, 5.74) is 14.8. The second kappa shape index (κ2) is 3.58. The molecule has 0 spiro atoms. The molecule has 1 aliphatic carbocycles. The van der Waals surface area contributed by atoms with Crippen LogP contribution in [0, 0.1) is 5.92 Å². The Morgan fingerprint density at radius 2 is 1.81 bits per heavy atom. The van der Waals surface area contributed by atoms with Crippen molar-refractivity contribution < 1.29 is 4.74 Å². The molecule has 0 saturated heterocycles. The van der Waals surface area contributed by atoms with E-state index in [1.165, 1.54) is 31.2 Å². The molecule has 1 fully saturated rings. The minimum absolute atomic E-state index is 0.570. The van der Waals surface area contributed by atoms with Gasteiger partial charge in [-0.1, -0.05) is 12.8 Å². The fraction of sp³-hybridized carbons (Fsp3) is 0.538. The van der Waals surface area contributed by atoms with Crippen molar-refractivity contribution in [1.29, 1.82) is 0 Å². The van der Waals surface area contributed by atoms with Gasteiger partial charge in [0.1, 0.15) is 5.75 Å². The highest BCUT2D eigenvalue weighted by Gasteiger charge is 2.35. The third-order valence-electron chi connectivity index (χ3n) is 3.98. The summed E-state index contributed by atoms with van der Waals surface area (Å²) in [7, 11) is 0. The molecular weight excluding hydrogens is 200 g/mol. The van der Waals surface area contributed by atoms with Crippen molar-refractivity contribution in [2.75, 3.05) is 18.1 Å². The number of fused-ring (bicyclic) bond motifs is 3. The van der Waals surface area contributed by atoms with Gasteiger partial charge < -0.3 is 16.2 Å². The first-order valence-corrected chi connectivity index (χ1v) is 6.08. The largest absolute Gasteiger partial charge is 0.491 e. The van der Waals surface area contributed by atoms with Crippen molar-refractivity contribution in [3.63, 3.8) is 0 Å². The Balaban J connectivity index is 2.10. The second-order valence-corrected chi connectivity index (χ2v) is 4.95. The number of ether oxygens (including phenoxy) is 1. The highest BCUT2D eigenvalue weighted by atomic mass is 16.5. The molecule has 0 radical (unpaired) electrons. The van der Waals surface area contributed by atoms with E-state index in [1.807, 2.05) is 12.1 Å². The zero-order valence-electron chi connectivity index (χ0n) is 9.41. The van der Waals surface area contributed by atoms with Crippen LogP contribution in [0.15, 0.2) is 12.1 Å². The number of benzene rings is 1. The fourth-order valence-electron chi connectivity index (χ4n) is 3.15. The summed E-state index contributed by atoms with van der Waals surface area (Å²) < 4.78 is 5.80. The average molecular weight is 218 g/mol. The van der Waals surface area contributed by atoms with Crippen LogP contribution in [-0.2, 0) is 0 Å². The van der Waals surface area contributed by atoms with E-state index in [4.69, 9.17) is 16.2 Å². The molecule has 2 unspecified atom stereocenters. The maximum Gasteiger partial charge on any atom is 0.147 e. The topological polar surface area (TPSA) is 61.3 Å². The first kappa shape index (κ1) is 9.82. The van der Waals surface area contributed by atoms with Gasteiger partial charge in [0.15, 0.2) is 0 Å². The molecule has 2 aliphatic rings. The molecule has 1 aromatic carbocycles. The van der Waals surface area contributed by atoms with E-state index in [1.54, 1.807) is 0 Å². The average Bonchev–Trinajstić information content (AvgIpc) is 2.33. The van der Waals surface area contributed by atoms with E-state index in [9.17, 15) is 0 Å². The summed E-state index contributed by atoms with van der Waals surface area (Å²) >= 11 is 0. The van der Waals surface area contributed by atoms with Gasteiger partial charge in [0.05, 0.1) is 12.3 Å². The summed E-state index contributed by atoms with van der Waals surface area (Å²) in [5.74, 6) is 2.06. The van der Waals surface area contributed by atoms with Crippen molar-refractivity contribution in [2.24, 2.45) is 5.92 Å². The summed E-state index contributed by atoms with van der Waals surface area (Å²) in [5, 5.41) is 0. The molecule has 1 aliphatic heterocycles. The van der Waals surface area contributed by atoms with Crippen LogP contribution in [0.2, 0.25) is 0 Å². The predicted octanol–water partition coefficient (Wildman–Crippen LogP) is 2.52. The van der Waals surface area contributed by atoms with Crippen LogP contribution in [0.4, 0.5) is 11.4 Å². The zero-order chi connectivity index (χ0) is 11.1. The molecule has 3 nitrogen and oxygen atoms in total. The molecule has 0 bridgehead atoms. The summed E-state index contributed by atoms with van der Waals surface area (Å²) in [6.45, 7) is 0.811. The predicted molar refractivity (Wildman–Crippen MR) is 65.5 cm³/mol. The molecular formula is C13H18N2O. The minimum atomic E-state index is 0.570. The molecule has 1 saturated carbocycles. The number of hydrogen-bond donors (Lipinski definition) is 2. The van der Waals surface area contributed by atoms with Crippen LogP contribution in [0.25, 0.3) is 0 Å². The molecule has 86 valence electrons. The molecule has 0 aromatic heterocycles. The van der Waals surface area contributed by atoms with Crippen molar-refractivity contribution in [3.8, 4) is 5.75 Å². The Morgan fingerprint density at radius 1 is 1.06 bits per heavy atom. The summed E-state index contributed by atoms with van der Waals surface area (Å²) in [6.07, 6.45) is 5.12. The third-order valence-corrected chi connectivity index (χ3v) is 3.98. The highest BCUT2D eigenvalue weighted by molar-refractivity contribution is 5.68. The lowest BCUT2D eigenvalue weighted by Crippen LogP contribution is -2.29. The molecule has 0 amide bonds. The molecule has 1 aromatic rings. The van der Waals surface area contributed by atoms with E-state index >= 15 is 0 Å². The van der Waals surface area contributed by atoms with Gasteiger partial charge in [-0.2, -0.15) is 0 Å². The number of anilines is 2. The zero-order valence-corrected chi connectivity index (χ0v) is 9.41. The fourth-order valence-corrected chi connectivity index (χ4v) is 3.15. The molecule has 4 N–H and O–H groups in total. The SMILES string of the molecule is Nc1ccc(N)c2c1OCC1CCCCC21. The van der Waals surface area contributed by atoms with Gasteiger partial charge in [0, 0.05) is 17.2 Å². The van der Waals surface area contributed by atoms with Gasteiger partial charge in [0.25, 0.3) is 0 Å². The molecule has 3 heteroatoms. The maximum absolute atomic E-state index is 6.08. The molecule has 3 rings (SSSR count). The van der Waals surface area contributed by atoms with E-state index in [0.717, 1.165) is 23.7 Å². The van der Waals surface area contributed by atoms with Crippen LogP contribution < -0.4 is 16.2 Å². The van der Waals surface area contributed by atoms with E-state index in [2.05, 4.69) is 0 Å². The standard InChI is InChI=1S/C13H18N2O/c14-10-5-6-11(15)13-12(10)9-4-2-1-3-8(9)7-16-13/h5-6,8-9H,1-4,7,14-15H2. The van der Waals surface area contributed by atoms with Gasteiger partial charge in [-0.3, -0.25) is 0 Å². The normalized spacial score (nSPS) is 27.8. The van der Waals surface area contributed by atoms with Gasteiger partial charge in [-0.15, -0.1) is 0 Å². The number of hydrogen-bond acceptors (Lipinski definition) is 3. The van der Waals surface area contributed by atoms with Crippen molar-refractivity contribution >= 4 is 11.4 Å². The Morgan fingerprint density at radius 3 is 2.69 bits per heavy atom. The van der Waals surface area contributed by atoms with E-state index in [-0.39, 0.29) is 0 Å².